The van der Waals surface area contributed by atoms with Crippen LogP contribution in [0.4, 0.5) is 0 Å². The third-order valence-electron chi connectivity index (χ3n) is 8.92. The fraction of sp³-hybridized carbons (Fsp3) is 0.111. The first-order valence-electron chi connectivity index (χ1n) is 16.2. The molecule has 5 aromatic carbocycles. The molecule has 0 saturated carbocycles. The summed E-state index contributed by atoms with van der Waals surface area (Å²) in [5.74, 6) is 0.238. The summed E-state index contributed by atoms with van der Waals surface area (Å²) >= 11 is 0. The minimum Gasteiger partial charge on any atom is -0.456 e. The quantitative estimate of drug-likeness (QED) is 0.160. The van der Waals surface area contributed by atoms with Crippen molar-refractivity contribution in [1.29, 1.82) is 0 Å². The number of allylic oxidation sites excluding steroid dienone is 10. The zero-order valence-electron chi connectivity index (χ0n) is 26.5. The van der Waals surface area contributed by atoms with Gasteiger partial charge in [-0.25, -0.2) is 0 Å². The average Bonchev–Trinajstić information content (AvgIpc) is 3.29. The normalized spacial score (nSPS) is 14.2. The van der Waals surface area contributed by atoms with Crippen LogP contribution >= 0.6 is 0 Å². The first-order valence-corrected chi connectivity index (χ1v) is 16.2. The van der Waals surface area contributed by atoms with Crippen LogP contribution < -0.4 is 0 Å². The Morgan fingerprint density at radius 1 is 0.739 bits per heavy atom. The standard InChI is InChI=1S/C45H38O/c1-32(35-19-9-5-10-20-35)15-13-16-33(2)39-28-40(36-21-11-6-12-22-36)30-41(29-39)37-25-26-43-42(31-37)45-38(23-14-24-44(45)46-43)27-34-17-7-3-4-8-18-34/h3,5-26,28-31,33H,4,27H2,1-2H3/b16-13-,32-15+. The number of furan rings is 1. The lowest BCUT2D eigenvalue weighted by atomic mass is 9.90. The van der Waals surface area contributed by atoms with Gasteiger partial charge >= 0.3 is 0 Å². The van der Waals surface area contributed by atoms with E-state index in [-0.39, 0.29) is 5.92 Å². The summed E-state index contributed by atoms with van der Waals surface area (Å²) in [6.45, 7) is 4.45. The van der Waals surface area contributed by atoms with E-state index in [1.807, 2.05) is 0 Å². The van der Waals surface area contributed by atoms with Crippen molar-refractivity contribution in [3.63, 3.8) is 0 Å². The lowest BCUT2D eigenvalue weighted by Gasteiger charge is -2.14. The Balaban J connectivity index is 1.29. The zero-order chi connectivity index (χ0) is 31.3. The highest BCUT2D eigenvalue weighted by Crippen LogP contribution is 2.37. The molecule has 0 N–H and O–H groups in total. The van der Waals surface area contributed by atoms with Gasteiger partial charge in [0, 0.05) is 10.8 Å². The molecule has 1 aliphatic carbocycles. The highest BCUT2D eigenvalue weighted by Gasteiger charge is 2.15. The van der Waals surface area contributed by atoms with Gasteiger partial charge in [-0.15, -0.1) is 0 Å². The number of rotatable bonds is 8. The topological polar surface area (TPSA) is 13.1 Å². The van der Waals surface area contributed by atoms with E-state index >= 15 is 0 Å². The van der Waals surface area contributed by atoms with Crippen LogP contribution in [0.2, 0.25) is 0 Å². The molecule has 0 saturated heterocycles. The molecular formula is C45H38O. The van der Waals surface area contributed by atoms with Crippen molar-refractivity contribution in [2.75, 3.05) is 0 Å². The average molecular weight is 595 g/mol. The molecule has 0 aliphatic heterocycles. The van der Waals surface area contributed by atoms with Gasteiger partial charge in [-0.3, -0.25) is 0 Å². The summed E-state index contributed by atoms with van der Waals surface area (Å²) < 4.78 is 6.38. The van der Waals surface area contributed by atoms with Crippen molar-refractivity contribution >= 4 is 27.5 Å². The van der Waals surface area contributed by atoms with Crippen LogP contribution in [0.15, 0.2) is 174 Å². The predicted octanol–water partition coefficient (Wildman–Crippen LogP) is 12.7. The zero-order valence-corrected chi connectivity index (χ0v) is 26.5. The molecule has 6 aromatic rings. The maximum absolute atomic E-state index is 6.38. The van der Waals surface area contributed by atoms with Crippen LogP contribution in [0.25, 0.3) is 49.8 Å². The molecule has 1 atom stereocenters. The van der Waals surface area contributed by atoms with E-state index in [1.165, 1.54) is 55.5 Å². The van der Waals surface area contributed by atoms with Gasteiger partial charge in [0.2, 0.25) is 0 Å². The summed E-state index contributed by atoms with van der Waals surface area (Å²) in [5.41, 5.74) is 13.1. The Kier molecular flexibility index (Phi) is 8.48. The Hall–Kier alpha value is -5.40. The summed E-state index contributed by atoms with van der Waals surface area (Å²) in [4.78, 5) is 0. The van der Waals surface area contributed by atoms with Gasteiger partial charge in [-0.1, -0.05) is 147 Å². The van der Waals surface area contributed by atoms with Crippen molar-refractivity contribution in [3.05, 3.63) is 186 Å². The monoisotopic (exact) mass is 594 g/mol. The van der Waals surface area contributed by atoms with Gasteiger partial charge in [-0.05, 0) is 100 Å². The van der Waals surface area contributed by atoms with Gasteiger partial charge in [-0.2, -0.15) is 0 Å². The SMILES string of the molecule is C/C(=C\C=C/C(C)c1cc(-c2ccccc2)cc(-c2ccc3oc4cccc(CC5=CC=CCC=C5)c4c3c2)c1)c1ccccc1. The van der Waals surface area contributed by atoms with Crippen LogP contribution in [-0.4, -0.2) is 0 Å². The van der Waals surface area contributed by atoms with E-state index in [1.54, 1.807) is 0 Å². The van der Waals surface area contributed by atoms with Gasteiger partial charge in [0.15, 0.2) is 0 Å². The molecule has 0 spiro atoms. The van der Waals surface area contributed by atoms with E-state index in [0.29, 0.717) is 0 Å². The fourth-order valence-corrected chi connectivity index (χ4v) is 6.34. The van der Waals surface area contributed by atoms with E-state index < -0.39 is 0 Å². The van der Waals surface area contributed by atoms with Gasteiger partial charge in [0.1, 0.15) is 11.2 Å². The van der Waals surface area contributed by atoms with Crippen molar-refractivity contribution < 1.29 is 4.42 Å². The smallest absolute Gasteiger partial charge is 0.135 e. The summed E-state index contributed by atoms with van der Waals surface area (Å²) in [5, 5.41) is 2.37. The van der Waals surface area contributed by atoms with Crippen molar-refractivity contribution in [3.8, 4) is 22.3 Å². The van der Waals surface area contributed by atoms with Crippen molar-refractivity contribution in [2.24, 2.45) is 0 Å². The van der Waals surface area contributed by atoms with E-state index in [2.05, 4.69) is 178 Å². The number of hydrogen-bond donors (Lipinski definition) is 0. The summed E-state index contributed by atoms with van der Waals surface area (Å²) in [6, 6.07) is 41.4. The van der Waals surface area contributed by atoms with E-state index in [4.69, 9.17) is 4.42 Å². The van der Waals surface area contributed by atoms with E-state index in [9.17, 15) is 0 Å². The largest absolute Gasteiger partial charge is 0.456 e. The third-order valence-corrected chi connectivity index (χ3v) is 8.92. The van der Waals surface area contributed by atoms with Crippen molar-refractivity contribution in [1.82, 2.24) is 0 Å². The molecule has 0 fully saturated rings. The molecular weight excluding hydrogens is 556 g/mol. The second-order valence-corrected chi connectivity index (χ2v) is 12.2. The Morgan fingerprint density at radius 2 is 1.52 bits per heavy atom. The maximum atomic E-state index is 6.38. The van der Waals surface area contributed by atoms with Crippen LogP contribution in [0.1, 0.15) is 42.9 Å². The highest BCUT2D eigenvalue weighted by atomic mass is 16.3. The van der Waals surface area contributed by atoms with Crippen LogP contribution in [-0.2, 0) is 6.42 Å². The molecule has 1 aromatic heterocycles. The van der Waals surface area contributed by atoms with Gasteiger partial charge < -0.3 is 4.42 Å². The molecule has 0 amide bonds. The van der Waals surface area contributed by atoms with Crippen LogP contribution in [0, 0.1) is 0 Å². The Morgan fingerprint density at radius 3 is 2.35 bits per heavy atom. The molecule has 1 nitrogen and oxygen atoms in total. The molecule has 0 radical (unpaired) electrons. The summed E-state index contributed by atoms with van der Waals surface area (Å²) in [7, 11) is 0. The van der Waals surface area contributed by atoms with Crippen LogP contribution in [0.5, 0.6) is 0 Å². The first kappa shape index (κ1) is 29.3. The number of fused-ring (bicyclic) bond motifs is 3. The second-order valence-electron chi connectivity index (χ2n) is 12.2. The Labute approximate surface area is 272 Å². The van der Waals surface area contributed by atoms with E-state index in [0.717, 1.165) is 29.4 Å². The molecule has 46 heavy (non-hydrogen) atoms. The predicted molar refractivity (Wildman–Crippen MR) is 197 cm³/mol. The van der Waals surface area contributed by atoms with Crippen LogP contribution in [0.3, 0.4) is 0 Å². The maximum Gasteiger partial charge on any atom is 0.135 e. The van der Waals surface area contributed by atoms with Gasteiger partial charge in [0.05, 0.1) is 0 Å². The lowest BCUT2D eigenvalue weighted by molar-refractivity contribution is 0.669. The summed E-state index contributed by atoms with van der Waals surface area (Å²) in [6.07, 6.45) is 19.6. The molecule has 0 bridgehead atoms. The van der Waals surface area contributed by atoms with Crippen molar-refractivity contribution in [2.45, 2.75) is 32.6 Å². The molecule has 1 unspecified atom stereocenters. The minimum atomic E-state index is 0.238. The number of benzene rings is 5. The molecule has 1 heterocycles. The first-order chi connectivity index (χ1) is 22.6. The third kappa shape index (κ3) is 6.36. The fourth-order valence-electron chi connectivity index (χ4n) is 6.34. The van der Waals surface area contributed by atoms with Gasteiger partial charge in [0.25, 0.3) is 0 Å². The lowest BCUT2D eigenvalue weighted by Crippen LogP contribution is -1.93. The minimum absolute atomic E-state index is 0.238. The second kappa shape index (κ2) is 13.3. The molecule has 1 heteroatoms. The Bertz CT molecular complexity index is 2150. The number of hydrogen-bond acceptors (Lipinski definition) is 1. The molecule has 7 rings (SSSR count). The highest BCUT2D eigenvalue weighted by molar-refractivity contribution is 6.08. The molecule has 224 valence electrons. The molecule has 1 aliphatic rings.